The van der Waals surface area contributed by atoms with Gasteiger partial charge in [-0.15, -0.1) is 0 Å². The molecular weight excluding hydrogens is 362 g/mol. The van der Waals surface area contributed by atoms with Crippen LogP contribution in [-0.2, 0) is 20.5 Å². The van der Waals surface area contributed by atoms with Crippen LogP contribution >= 0.6 is 0 Å². The Hall–Kier alpha value is -1.15. The maximum Gasteiger partial charge on any atom is 0.216 e. The summed E-state index contributed by atoms with van der Waals surface area (Å²) in [6.45, 7) is 7.13. The van der Waals surface area contributed by atoms with Gasteiger partial charge < -0.3 is 14.5 Å². The van der Waals surface area contributed by atoms with Crippen molar-refractivity contribution < 1.29 is 13.2 Å². The van der Waals surface area contributed by atoms with Crippen LogP contribution in [0.4, 0.5) is 5.69 Å². The average Bonchev–Trinajstić information content (AvgIpc) is 2.58. The van der Waals surface area contributed by atoms with Crippen LogP contribution < -0.4 is 9.62 Å². The van der Waals surface area contributed by atoms with Crippen LogP contribution in [0.3, 0.4) is 0 Å². The molecule has 2 aliphatic heterocycles. The molecule has 1 aromatic rings. The third kappa shape index (κ3) is 5.22. The molecule has 0 saturated carbocycles. The largest absolute Gasteiger partial charge is 0.378 e. The summed E-state index contributed by atoms with van der Waals surface area (Å²) in [6, 6.07) is 6.85. The zero-order valence-electron chi connectivity index (χ0n) is 16.9. The minimum atomic E-state index is -3.39. The summed E-state index contributed by atoms with van der Waals surface area (Å²) in [7, 11) is 0.874. The molecule has 1 aromatic carbocycles. The fourth-order valence-corrected chi connectivity index (χ4v) is 5.18. The Morgan fingerprint density at radius 3 is 2.41 bits per heavy atom. The summed E-state index contributed by atoms with van der Waals surface area (Å²) < 4.78 is 33.2. The molecule has 0 spiro atoms. The van der Waals surface area contributed by atoms with E-state index in [1.165, 1.54) is 5.56 Å². The van der Waals surface area contributed by atoms with Gasteiger partial charge in [0.05, 0.1) is 25.0 Å². The minimum absolute atomic E-state index is 0.0208. The summed E-state index contributed by atoms with van der Waals surface area (Å²) in [6.07, 6.45) is 2.20. The number of piperidine rings is 1. The zero-order valence-corrected chi connectivity index (χ0v) is 17.8. The predicted octanol–water partition coefficient (Wildman–Crippen LogP) is 2.16. The van der Waals surface area contributed by atoms with Crippen LogP contribution in [-0.4, -0.2) is 65.8 Å². The van der Waals surface area contributed by atoms with E-state index >= 15 is 0 Å². The Bertz CT molecular complexity index is 737. The van der Waals surface area contributed by atoms with E-state index in [0.29, 0.717) is 25.2 Å². The fourth-order valence-electron chi connectivity index (χ4n) is 3.82. The van der Waals surface area contributed by atoms with Crippen molar-refractivity contribution in [1.82, 2.24) is 9.62 Å². The van der Waals surface area contributed by atoms with Gasteiger partial charge in [-0.1, -0.05) is 26.0 Å². The van der Waals surface area contributed by atoms with E-state index in [9.17, 15) is 8.42 Å². The lowest BCUT2D eigenvalue weighted by Gasteiger charge is -2.37. The molecule has 0 atom stereocenters. The van der Waals surface area contributed by atoms with Gasteiger partial charge in [0.15, 0.2) is 0 Å². The summed E-state index contributed by atoms with van der Waals surface area (Å²) in [5.74, 6) is 0.389. The van der Waals surface area contributed by atoms with E-state index in [1.54, 1.807) is 0 Å². The summed E-state index contributed by atoms with van der Waals surface area (Å²) in [5.41, 5.74) is 3.14. The Balaban J connectivity index is 1.80. The molecule has 3 rings (SSSR count). The van der Waals surface area contributed by atoms with Crippen molar-refractivity contribution in [3.63, 3.8) is 0 Å². The molecule has 0 aliphatic carbocycles. The maximum atomic E-state index is 12.7. The lowest BCUT2D eigenvalue weighted by atomic mass is 9.98. The van der Waals surface area contributed by atoms with E-state index in [2.05, 4.69) is 60.7 Å². The molecule has 6 nitrogen and oxygen atoms in total. The van der Waals surface area contributed by atoms with Crippen molar-refractivity contribution in [3.8, 4) is 0 Å². The first-order chi connectivity index (χ1) is 12.7. The molecule has 2 heterocycles. The molecule has 0 bridgehead atoms. The van der Waals surface area contributed by atoms with Crippen LogP contribution in [0, 0.1) is 0 Å². The summed E-state index contributed by atoms with van der Waals surface area (Å²) in [4.78, 5) is 4.64. The number of hydrogen-bond acceptors (Lipinski definition) is 5. The zero-order chi connectivity index (χ0) is 19.6. The molecule has 1 N–H and O–H groups in total. The first kappa shape index (κ1) is 20.6. The van der Waals surface area contributed by atoms with Crippen molar-refractivity contribution in [2.45, 2.75) is 50.4 Å². The van der Waals surface area contributed by atoms with E-state index in [4.69, 9.17) is 4.74 Å². The van der Waals surface area contributed by atoms with Crippen molar-refractivity contribution in [2.24, 2.45) is 0 Å². The molecule has 7 heteroatoms. The van der Waals surface area contributed by atoms with Crippen LogP contribution in [0.2, 0.25) is 0 Å². The second-order valence-corrected chi connectivity index (χ2v) is 10.1. The summed E-state index contributed by atoms with van der Waals surface area (Å²) >= 11 is 0. The topological polar surface area (TPSA) is 61.9 Å². The molecule has 0 amide bonds. The number of sulfonamides is 1. The quantitative estimate of drug-likeness (QED) is 0.767. The molecule has 0 unspecified atom stereocenters. The number of anilines is 1. The van der Waals surface area contributed by atoms with Gasteiger partial charge in [-0.25, -0.2) is 13.1 Å². The average molecular weight is 396 g/mol. The number of hydrogen-bond donors (Lipinski definition) is 1. The third-order valence-electron chi connectivity index (χ3n) is 5.64. The van der Waals surface area contributed by atoms with Gasteiger partial charge in [0.1, 0.15) is 0 Å². The Labute approximate surface area is 163 Å². The molecule has 152 valence electrons. The fraction of sp³-hybridized carbons (Fsp3) is 0.700. The van der Waals surface area contributed by atoms with Gasteiger partial charge >= 0.3 is 0 Å². The van der Waals surface area contributed by atoms with Gasteiger partial charge in [0.2, 0.25) is 10.0 Å². The van der Waals surface area contributed by atoms with E-state index < -0.39 is 10.0 Å². The van der Waals surface area contributed by atoms with Gasteiger partial charge in [-0.2, -0.15) is 0 Å². The molecule has 2 aliphatic rings. The normalized spacial score (nSPS) is 19.7. The monoisotopic (exact) mass is 395 g/mol. The van der Waals surface area contributed by atoms with Gasteiger partial charge in [0, 0.05) is 24.8 Å². The van der Waals surface area contributed by atoms with Crippen molar-refractivity contribution >= 4 is 15.7 Å². The van der Waals surface area contributed by atoms with Crippen LogP contribution in [0.15, 0.2) is 18.2 Å². The number of nitrogens with one attached hydrogen (secondary N) is 1. The van der Waals surface area contributed by atoms with E-state index in [-0.39, 0.29) is 11.8 Å². The third-order valence-corrected chi connectivity index (χ3v) is 7.02. The van der Waals surface area contributed by atoms with Crippen LogP contribution in [0.5, 0.6) is 0 Å². The molecule has 2 fully saturated rings. The Kier molecular flexibility index (Phi) is 6.46. The Morgan fingerprint density at radius 2 is 1.89 bits per heavy atom. The lowest BCUT2D eigenvalue weighted by Crippen LogP contribution is -2.48. The van der Waals surface area contributed by atoms with Crippen molar-refractivity contribution in [1.29, 1.82) is 0 Å². The minimum Gasteiger partial charge on any atom is -0.378 e. The number of nitrogens with zero attached hydrogens (tertiary/aromatic N) is 2. The highest BCUT2D eigenvalue weighted by atomic mass is 32.2. The van der Waals surface area contributed by atoms with Crippen LogP contribution in [0.1, 0.15) is 43.7 Å². The molecule has 2 saturated heterocycles. The number of rotatable bonds is 7. The molecular formula is C20H33N3O3S. The smallest absolute Gasteiger partial charge is 0.216 e. The highest BCUT2D eigenvalue weighted by Crippen LogP contribution is 2.30. The molecule has 0 radical (unpaired) electrons. The first-order valence-corrected chi connectivity index (χ1v) is 11.5. The molecule has 0 aromatic heterocycles. The lowest BCUT2D eigenvalue weighted by molar-refractivity contribution is 0.00480. The van der Waals surface area contributed by atoms with Crippen LogP contribution in [0.25, 0.3) is 0 Å². The van der Waals surface area contributed by atoms with E-state index in [1.807, 2.05) is 0 Å². The first-order valence-electron chi connectivity index (χ1n) is 9.87. The van der Waals surface area contributed by atoms with Gasteiger partial charge in [-0.3, -0.25) is 0 Å². The van der Waals surface area contributed by atoms with Crippen molar-refractivity contribution in [3.05, 3.63) is 29.3 Å². The summed E-state index contributed by atoms with van der Waals surface area (Å²) in [5, 5.41) is 0. The maximum absolute atomic E-state index is 12.7. The number of ether oxygens (including phenoxy) is 1. The number of benzene rings is 1. The Morgan fingerprint density at radius 1 is 1.22 bits per heavy atom. The SMILES string of the molecule is CC(C)c1ccc(N2CCC(N(C)C)CC2)c(CS(=O)(=O)NC2COC2)c1. The standard InChI is InChI=1S/C20H33N3O3S/c1-15(2)16-5-6-20(23-9-7-19(8-10-23)22(3)4)17(11-16)14-27(24,25)21-18-12-26-13-18/h5-6,11,15,18-19,21H,7-10,12-14H2,1-4H3. The molecule has 27 heavy (non-hydrogen) atoms. The van der Waals surface area contributed by atoms with Gasteiger partial charge in [0.25, 0.3) is 0 Å². The van der Waals surface area contributed by atoms with E-state index in [0.717, 1.165) is 37.2 Å². The highest BCUT2D eigenvalue weighted by molar-refractivity contribution is 7.88. The van der Waals surface area contributed by atoms with Crippen molar-refractivity contribution in [2.75, 3.05) is 45.3 Å². The highest BCUT2D eigenvalue weighted by Gasteiger charge is 2.27. The van der Waals surface area contributed by atoms with Gasteiger partial charge in [-0.05, 0) is 50.0 Å². The predicted molar refractivity (Wildman–Crippen MR) is 110 cm³/mol. The second-order valence-electron chi connectivity index (χ2n) is 8.34. The second kappa shape index (κ2) is 8.47.